The van der Waals surface area contributed by atoms with Crippen LogP contribution in [0.1, 0.15) is 18.4 Å². The quantitative estimate of drug-likeness (QED) is 0.356. The Kier molecular flexibility index (Phi) is 6.21. The van der Waals surface area contributed by atoms with Crippen molar-refractivity contribution in [1.29, 1.82) is 0 Å². The van der Waals surface area contributed by atoms with Crippen LogP contribution in [-0.4, -0.2) is 39.9 Å². The molecule has 0 heterocycles. The van der Waals surface area contributed by atoms with Crippen LogP contribution in [0, 0.1) is 0 Å². The average molecular weight is 309 g/mol. The lowest BCUT2D eigenvalue weighted by molar-refractivity contribution is -0.165. The Morgan fingerprint density at radius 2 is 1.68 bits per heavy atom. The molecule has 0 saturated carbocycles. The monoisotopic (exact) mass is 309 g/mol. The zero-order valence-electron chi connectivity index (χ0n) is 11.5. The molecule has 8 nitrogen and oxygen atoms in total. The van der Waals surface area contributed by atoms with Crippen molar-refractivity contribution >= 4 is 23.7 Å². The molecule has 8 heteroatoms. The first-order valence-corrected chi connectivity index (χ1v) is 6.33. The minimum Gasteiger partial charge on any atom is -0.508 e. The molecule has 118 valence electrons. The second-order valence-electron chi connectivity index (χ2n) is 4.50. The van der Waals surface area contributed by atoms with Crippen molar-refractivity contribution in [2.24, 2.45) is 5.73 Å². The van der Waals surface area contributed by atoms with Gasteiger partial charge in [0.1, 0.15) is 11.8 Å². The maximum atomic E-state index is 11.6. The first-order chi connectivity index (χ1) is 10.3. The maximum absolute atomic E-state index is 11.6. The van der Waals surface area contributed by atoms with Gasteiger partial charge in [0, 0.05) is 6.42 Å². The van der Waals surface area contributed by atoms with Crippen molar-refractivity contribution in [3.8, 4) is 5.75 Å². The lowest BCUT2D eigenvalue weighted by Crippen LogP contribution is -2.37. The van der Waals surface area contributed by atoms with Crippen molar-refractivity contribution in [3.63, 3.8) is 0 Å². The van der Waals surface area contributed by atoms with Crippen LogP contribution in [0.15, 0.2) is 24.3 Å². The third-order valence-electron chi connectivity index (χ3n) is 2.68. The largest absolute Gasteiger partial charge is 0.508 e. The van der Waals surface area contributed by atoms with Crippen molar-refractivity contribution < 1.29 is 34.1 Å². The van der Waals surface area contributed by atoms with Crippen LogP contribution in [0.2, 0.25) is 0 Å². The third-order valence-corrected chi connectivity index (χ3v) is 2.68. The number of carboxylic acids is 1. The van der Waals surface area contributed by atoms with E-state index >= 15 is 0 Å². The lowest BCUT2D eigenvalue weighted by atomic mass is 10.1. The van der Waals surface area contributed by atoms with Gasteiger partial charge >= 0.3 is 17.9 Å². The van der Waals surface area contributed by atoms with E-state index in [1.807, 2.05) is 0 Å². The number of rotatable bonds is 7. The molecule has 0 bridgehead atoms. The topological polar surface area (TPSA) is 144 Å². The molecule has 0 spiro atoms. The standard InChI is InChI=1S/C14H15NO7/c15-10(7-8-1-3-9(16)4-2-8)13(20)22-14(21)11(17)5-6-12(18)19/h1-4,10,16H,5-7,15H2,(H,18,19)/t10-/m0/s1. The number of ketones is 1. The van der Waals surface area contributed by atoms with E-state index in [9.17, 15) is 19.2 Å². The molecule has 0 radical (unpaired) electrons. The number of carbonyl (C=O) groups excluding carboxylic acids is 3. The molecule has 4 N–H and O–H groups in total. The highest BCUT2D eigenvalue weighted by molar-refractivity contribution is 6.35. The number of carboxylic acid groups (broad SMARTS) is 1. The molecular weight excluding hydrogens is 294 g/mol. The summed E-state index contributed by atoms with van der Waals surface area (Å²) < 4.78 is 4.31. The fourth-order valence-electron chi connectivity index (χ4n) is 1.52. The fourth-order valence-corrected chi connectivity index (χ4v) is 1.52. The van der Waals surface area contributed by atoms with Gasteiger partial charge in [-0.05, 0) is 24.1 Å². The predicted molar refractivity (Wildman–Crippen MR) is 72.8 cm³/mol. The Balaban J connectivity index is 2.49. The first-order valence-electron chi connectivity index (χ1n) is 6.33. The number of hydrogen-bond donors (Lipinski definition) is 3. The van der Waals surface area contributed by atoms with Crippen LogP contribution in [0.4, 0.5) is 0 Å². The minimum atomic E-state index is -1.42. The molecule has 0 aliphatic heterocycles. The molecule has 0 aliphatic rings. The molecule has 0 unspecified atom stereocenters. The molecule has 1 atom stereocenters. The zero-order chi connectivity index (χ0) is 16.7. The fraction of sp³-hybridized carbons (Fsp3) is 0.286. The summed E-state index contributed by atoms with van der Waals surface area (Å²) in [5, 5.41) is 17.5. The van der Waals surface area contributed by atoms with Gasteiger partial charge in [-0.25, -0.2) is 9.59 Å². The van der Waals surface area contributed by atoms with E-state index in [-0.39, 0.29) is 12.2 Å². The third kappa shape index (κ3) is 5.71. The Bertz CT molecular complexity index is 579. The van der Waals surface area contributed by atoms with Gasteiger partial charge in [-0.15, -0.1) is 0 Å². The van der Waals surface area contributed by atoms with E-state index in [4.69, 9.17) is 15.9 Å². The molecule has 0 aliphatic carbocycles. The first kappa shape index (κ1) is 17.3. The smallest absolute Gasteiger partial charge is 0.382 e. The van der Waals surface area contributed by atoms with Gasteiger partial charge in [-0.1, -0.05) is 12.1 Å². The van der Waals surface area contributed by atoms with Crippen LogP contribution < -0.4 is 5.73 Å². The summed E-state index contributed by atoms with van der Waals surface area (Å²) in [7, 11) is 0. The number of benzene rings is 1. The van der Waals surface area contributed by atoms with Gasteiger partial charge < -0.3 is 20.7 Å². The number of ether oxygens (including phenoxy) is 1. The van der Waals surface area contributed by atoms with Crippen LogP contribution in [-0.2, 0) is 30.3 Å². The number of nitrogens with two attached hydrogens (primary N) is 1. The van der Waals surface area contributed by atoms with Gasteiger partial charge in [0.2, 0.25) is 5.78 Å². The van der Waals surface area contributed by atoms with Gasteiger partial charge in [-0.2, -0.15) is 0 Å². The lowest BCUT2D eigenvalue weighted by Gasteiger charge is -2.10. The van der Waals surface area contributed by atoms with E-state index < -0.39 is 42.6 Å². The number of phenolic OH excluding ortho intramolecular Hbond substituents is 1. The highest BCUT2D eigenvalue weighted by atomic mass is 16.6. The second-order valence-corrected chi connectivity index (χ2v) is 4.50. The number of Topliss-reactive ketones (excluding diaryl/α,β-unsaturated/α-hetero) is 1. The number of hydrogen-bond acceptors (Lipinski definition) is 7. The summed E-state index contributed by atoms with van der Waals surface area (Å²) in [6, 6.07) is 4.74. The van der Waals surface area contributed by atoms with Gasteiger partial charge in [0.15, 0.2) is 0 Å². The average Bonchev–Trinajstić information content (AvgIpc) is 2.46. The predicted octanol–water partition coefficient (Wildman–Crippen LogP) is -0.234. The van der Waals surface area contributed by atoms with E-state index in [1.165, 1.54) is 12.1 Å². The summed E-state index contributed by atoms with van der Waals surface area (Å²) in [6.07, 6.45) is -1.02. The Hall–Kier alpha value is -2.74. The van der Waals surface area contributed by atoms with Crippen molar-refractivity contribution in [3.05, 3.63) is 29.8 Å². The SMILES string of the molecule is N[C@@H](Cc1ccc(O)cc1)C(=O)OC(=O)C(=O)CCC(=O)O. The Morgan fingerprint density at radius 3 is 2.23 bits per heavy atom. The summed E-state index contributed by atoms with van der Waals surface area (Å²) in [6.45, 7) is 0. The molecule has 0 fully saturated rings. The van der Waals surface area contributed by atoms with E-state index in [0.29, 0.717) is 5.56 Å². The molecule has 1 aromatic carbocycles. The second kappa shape index (κ2) is 7.89. The number of aliphatic carboxylic acids is 1. The van der Waals surface area contributed by atoms with Crippen molar-refractivity contribution in [2.75, 3.05) is 0 Å². The van der Waals surface area contributed by atoms with Crippen molar-refractivity contribution in [2.45, 2.75) is 25.3 Å². The summed E-state index contributed by atoms with van der Waals surface area (Å²) in [5.41, 5.74) is 6.19. The van der Waals surface area contributed by atoms with Crippen LogP contribution in [0.3, 0.4) is 0 Å². The van der Waals surface area contributed by atoms with Crippen LogP contribution in [0.25, 0.3) is 0 Å². The van der Waals surface area contributed by atoms with E-state index in [1.54, 1.807) is 12.1 Å². The molecule has 1 rings (SSSR count). The number of esters is 2. The zero-order valence-corrected chi connectivity index (χ0v) is 11.5. The van der Waals surface area contributed by atoms with Crippen LogP contribution in [0.5, 0.6) is 5.75 Å². The normalized spacial score (nSPS) is 11.5. The van der Waals surface area contributed by atoms with Gasteiger partial charge in [-0.3, -0.25) is 9.59 Å². The Labute approximate surface area is 125 Å². The summed E-state index contributed by atoms with van der Waals surface area (Å²) in [4.78, 5) is 44.4. The highest BCUT2D eigenvalue weighted by Crippen LogP contribution is 2.11. The van der Waals surface area contributed by atoms with Crippen molar-refractivity contribution in [1.82, 2.24) is 0 Å². The van der Waals surface area contributed by atoms with Gasteiger partial charge in [0.25, 0.3) is 0 Å². The van der Waals surface area contributed by atoms with Gasteiger partial charge in [0.05, 0.1) is 6.42 Å². The Morgan fingerprint density at radius 1 is 1.09 bits per heavy atom. The molecule has 22 heavy (non-hydrogen) atoms. The summed E-state index contributed by atoms with van der Waals surface area (Å²) >= 11 is 0. The minimum absolute atomic E-state index is 0.0513. The molecule has 1 aromatic rings. The molecule has 0 aromatic heterocycles. The number of aromatic hydroxyl groups is 1. The molecule has 0 amide bonds. The number of carbonyl (C=O) groups is 4. The van der Waals surface area contributed by atoms with E-state index in [0.717, 1.165) is 0 Å². The maximum Gasteiger partial charge on any atom is 0.382 e. The molecule has 0 saturated heterocycles. The number of phenols is 1. The molecular formula is C14H15NO7. The highest BCUT2D eigenvalue weighted by Gasteiger charge is 2.24. The van der Waals surface area contributed by atoms with E-state index in [2.05, 4.69) is 4.74 Å². The van der Waals surface area contributed by atoms with Crippen LogP contribution >= 0.6 is 0 Å². The summed E-state index contributed by atoms with van der Waals surface area (Å²) in [5.74, 6) is -4.79.